The fourth-order valence-electron chi connectivity index (χ4n) is 1.20. The predicted molar refractivity (Wildman–Crippen MR) is 57.2 cm³/mol. The van der Waals surface area contributed by atoms with Crippen LogP contribution in [0.1, 0.15) is 18.5 Å². The third kappa shape index (κ3) is 2.48. The average molecular weight is 195 g/mol. The van der Waals surface area contributed by atoms with Crippen molar-refractivity contribution in [3.05, 3.63) is 18.0 Å². The predicted octanol–water partition coefficient (Wildman–Crippen LogP) is 0.276. The molecule has 0 spiro atoms. The highest BCUT2D eigenvalue weighted by Crippen LogP contribution is 2.09. The number of aromatic nitrogens is 2. The quantitative estimate of drug-likeness (QED) is 0.526. The number of guanidine groups is 1. The number of hydrogen-bond donors (Lipinski definition) is 2. The zero-order chi connectivity index (χ0) is 10.6. The Morgan fingerprint density at radius 2 is 2.36 bits per heavy atom. The van der Waals surface area contributed by atoms with E-state index in [4.69, 9.17) is 0 Å². The normalized spacial score (nSPS) is 13.9. The summed E-state index contributed by atoms with van der Waals surface area (Å²) in [5.41, 5.74) is 1.14. The first-order valence-electron chi connectivity index (χ1n) is 4.57. The second-order valence-electron chi connectivity index (χ2n) is 3.14. The van der Waals surface area contributed by atoms with E-state index in [0.717, 1.165) is 11.5 Å². The van der Waals surface area contributed by atoms with Gasteiger partial charge in [-0.3, -0.25) is 9.67 Å². The monoisotopic (exact) mass is 195 g/mol. The van der Waals surface area contributed by atoms with Gasteiger partial charge in [-0.1, -0.05) is 0 Å². The van der Waals surface area contributed by atoms with Crippen LogP contribution in [0, 0.1) is 0 Å². The van der Waals surface area contributed by atoms with Gasteiger partial charge >= 0.3 is 0 Å². The highest BCUT2D eigenvalue weighted by Gasteiger charge is 2.07. The van der Waals surface area contributed by atoms with E-state index < -0.39 is 0 Å². The van der Waals surface area contributed by atoms with E-state index >= 15 is 0 Å². The topological polar surface area (TPSA) is 54.2 Å². The van der Waals surface area contributed by atoms with Crippen molar-refractivity contribution in [2.45, 2.75) is 13.0 Å². The van der Waals surface area contributed by atoms with E-state index in [0.29, 0.717) is 0 Å². The van der Waals surface area contributed by atoms with Crippen molar-refractivity contribution in [2.75, 3.05) is 14.1 Å². The van der Waals surface area contributed by atoms with Crippen molar-refractivity contribution >= 4 is 5.96 Å². The van der Waals surface area contributed by atoms with Gasteiger partial charge in [0.2, 0.25) is 0 Å². The molecule has 1 atom stereocenters. The molecule has 0 amide bonds. The van der Waals surface area contributed by atoms with Crippen molar-refractivity contribution in [1.82, 2.24) is 20.4 Å². The molecule has 0 bridgehead atoms. The fraction of sp³-hybridized carbons (Fsp3) is 0.556. The molecule has 1 heterocycles. The molecule has 1 unspecified atom stereocenters. The summed E-state index contributed by atoms with van der Waals surface area (Å²) in [5, 5.41) is 10.3. The Labute approximate surface area is 84.2 Å². The zero-order valence-corrected chi connectivity index (χ0v) is 9.07. The molecule has 0 fully saturated rings. The van der Waals surface area contributed by atoms with Crippen molar-refractivity contribution in [3.8, 4) is 0 Å². The van der Waals surface area contributed by atoms with E-state index in [-0.39, 0.29) is 6.04 Å². The molecule has 5 nitrogen and oxygen atoms in total. The summed E-state index contributed by atoms with van der Waals surface area (Å²) in [5.74, 6) is 0.779. The SMILES string of the molecule is CN=C(NC)NC(C)c1cnn(C)c1. The molecule has 2 N–H and O–H groups in total. The standard InChI is InChI=1S/C9H17N5/c1-7(13-9(10-2)11-3)8-5-12-14(4)6-8/h5-7H,1-4H3,(H2,10,11,13). The molecule has 0 aromatic carbocycles. The molecular weight excluding hydrogens is 178 g/mol. The van der Waals surface area contributed by atoms with E-state index in [1.807, 2.05) is 26.5 Å². The van der Waals surface area contributed by atoms with Gasteiger partial charge in [0.25, 0.3) is 0 Å². The smallest absolute Gasteiger partial charge is 0.191 e. The minimum absolute atomic E-state index is 0.204. The van der Waals surface area contributed by atoms with Gasteiger partial charge in [-0.15, -0.1) is 0 Å². The van der Waals surface area contributed by atoms with Crippen LogP contribution in [-0.2, 0) is 7.05 Å². The molecule has 0 saturated carbocycles. The number of nitrogens with one attached hydrogen (secondary N) is 2. The van der Waals surface area contributed by atoms with E-state index in [9.17, 15) is 0 Å². The van der Waals surface area contributed by atoms with Crippen molar-refractivity contribution < 1.29 is 0 Å². The Bertz CT molecular complexity index is 315. The molecule has 0 saturated heterocycles. The molecule has 5 heteroatoms. The molecule has 78 valence electrons. The van der Waals surface area contributed by atoms with Crippen LogP contribution in [0.4, 0.5) is 0 Å². The van der Waals surface area contributed by atoms with Crippen LogP contribution < -0.4 is 10.6 Å². The molecule has 1 rings (SSSR count). The first-order valence-corrected chi connectivity index (χ1v) is 4.57. The summed E-state index contributed by atoms with van der Waals surface area (Å²) in [6, 6.07) is 0.204. The number of hydrogen-bond acceptors (Lipinski definition) is 2. The van der Waals surface area contributed by atoms with Crippen molar-refractivity contribution in [2.24, 2.45) is 12.0 Å². The maximum atomic E-state index is 4.11. The Morgan fingerprint density at radius 3 is 2.79 bits per heavy atom. The first kappa shape index (κ1) is 10.6. The van der Waals surface area contributed by atoms with Crippen LogP contribution in [-0.4, -0.2) is 29.8 Å². The highest BCUT2D eigenvalue weighted by atomic mass is 15.2. The molecule has 14 heavy (non-hydrogen) atoms. The van der Waals surface area contributed by atoms with Gasteiger partial charge < -0.3 is 10.6 Å². The van der Waals surface area contributed by atoms with Gasteiger partial charge in [0.1, 0.15) is 0 Å². The number of aryl methyl sites for hydroxylation is 1. The Balaban J connectivity index is 2.62. The maximum absolute atomic E-state index is 4.11. The maximum Gasteiger partial charge on any atom is 0.191 e. The molecular formula is C9H17N5. The second kappa shape index (κ2) is 4.64. The molecule has 0 aliphatic carbocycles. The van der Waals surface area contributed by atoms with Crippen molar-refractivity contribution in [3.63, 3.8) is 0 Å². The lowest BCUT2D eigenvalue weighted by Gasteiger charge is -2.14. The summed E-state index contributed by atoms with van der Waals surface area (Å²) in [6.07, 6.45) is 3.83. The van der Waals surface area contributed by atoms with Gasteiger partial charge in [0.05, 0.1) is 12.2 Å². The summed E-state index contributed by atoms with van der Waals surface area (Å²) in [7, 11) is 5.49. The summed E-state index contributed by atoms with van der Waals surface area (Å²) >= 11 is 0. The van der Waals surface area contributed by atoms with Crippen molar-refractivity contribution in [1.29, 1.82) is 0 Å². The lowest BCUT2D eigenvalue weighted by Crippen LogP contribution is -2.36. The lowest BCUT2D eigenvalue weighted by atomic mass is 10.2. The zero-order valence-electron chi connectivity index (χ0n) is 9.07. The Hall–Kier alpha value is -1.52. The van der Waals surface area contributed by atoms with Crippen LogP contribution in [0.2, 0.25) is 0 Å². The molecule has 0 aliphatic rings. The van der Waals surface area contributed by atoms with Crippen LogP contribution in [0.3, 0.4) is 0 Å². The number of nitrogens with zero attached hydrogens (tertiary/aromatic N) is 3. The number of aliphatic imine (C=N–C) groups is 1. The number of rotatable bonds is 2. The van der Waals surface area contributed by atoms with Gasteiger partial charge in [-0.2, -0.15) is 5.10 Å². The van der Waals surface area contributed by atoms with Crippen LogP contribution in [0.15, 0.2) is 17.4 Å². The molecule has 1 aromatic heterocycles. The summed E-state index contributed by atoms with van der Waals surface area (Å²) in [6.45, 7) is 2.07. The van der Waals surface area contributed by atoms with E-state index in [1.54, 1.807) is 11.7 Å². The Morgan fingerprint density at radius 1 is 1.64 bits per heavy atom. The molecule has 1 aromatic rings. The third-order valence-corrected chi connectivity index (χ3v) is 2.04. The minimum atomic E-state index is 0.204. The van der Waals surface area contributed by atoms with Gasteiger partial charge in [0.15, 0.2) is 5.96 Å². The molecule has 0 aliphatic heterocycles. The highest BCUT2D eigenvalue weighted by molar-refractivity contribution is 5.79. The molecule has 0 radical (unpaired) electrons. The van der Waals surface area contributed by atoms with Crippen LogP contribution >= 0.6 is 0 Å². The lowest BCUT2D eigenvalue weighted by molar-refractivity contribution is 0.696. The minimum Gasteiger partial charge on any atom is -0.359 e. The largest absolute Gasteiger partial charge is 0.359 e. The van der Waals surface area contributed by atoms with Crippen LogP contribution in [0.5, 0.6) is 0 Å². The third-order valence-electron chi connectivity index (χ3n) is 2.04. The Kier molecular flexibility index (Phi) is 3.50. The van der Waals surface area contributed by atoms with Crippen LogP contribution in [0.25, 0.3) is 0 Å². The fourth-order valence-corrected chi connectivity index (χ4v) is 1.20. The van der Waals surface area contributed by atoms with E-state index in [1.165, 1.54) is 0 Å². The summed E-state index contributed by atoms with van der Waals surface area (Å²) in [4.78, 5) is 4.05. The summed E-state index contributed by atoms with van der Waals surface area (Å²) < 4.78 is 1.79. The van der Waals surface area contributed by atoms with Gasteiger partial charge in [-0.25, -0.2) is 0 Å². The van der Waals surface area contributed by atoms with E-state index in [2.05, 4.69) is 27.6 Å². The first-order chi connectivity index (χ1) is 6.67. The van der Waals surface area contributed by atoms with Gasteiger partial charge in [-0.05, 0) is 6.92 Å². The second-order valence-corrected chi connectivity index (χ2v) is 3.14. The van der Waals surface area contributed by atoms with Gasteiger partial charge in [0, 0.05) is 32.9 Å². The average Bonchev–Trinajstić information content (AvgIpc) is 2.61.